The van der Waals surface area contributed by atoms with Gasteiger partial charge in [0.25, 0.3) is 0 Å². The van der Waals surface area contributed by atoms with Crippen molar-refractivity contribution in [1.29, 1.82) is 0 Å². The first-order chi connectivity index (χ1) is 7.52. The van der Waals surface area contributed by atoms with E-state index in [0.29, 0.717) is 17.0 Å². The molecule has 0 aliphatic carbocycles. The summed E-state index contributed by atoms with van der Waals surface area (Å²) in [6, 6.07) is 1.71. The van der Waals surface area contributed by atoms with Crippen LogP contribution in [0.4, 0.5) is 0 Å². The maximum Gasteiger partial charge on any atom is 0.214 e. The summed E-state index contributed by atoms with van der Waals surface area (Å²) >= 11 is 0. The minimum Gasteiger partial charge on any atom is -0.466 e. The third-order valence-electron chi connectivity index (χ3n) is 2.84. The largest absolute Gasteiger partial charge is 0.466 e. The number of aromatic nitrogens is 2. The highest BCUT2D eigenvalue weighted by Crippen LogP contribution is 2.23. The van der Waals surface area contributed by atoms with Crippen LogP contribution in [0.2, 0.25) is 0 Å². The van der Waals surface area contributed by atoms with E-state index in [9.17, 15) is 4.79 Å². The zero-order valence-electron chi connectivity index (χ0n) is 9.87. The summed E-state index contributed by atoms with van der Waals surface area (Å²) in [5.41, 5.74) is 2.14. The van der Waals surface area contributed by atoms with Crippen molar-refractivity contribution in [2.24, 2.45) is 7.05 Å². The van der Waals surface area contributed by atoms with E-state index in [2.05, 4.69) is 5.10 Å². The fraction of sp³-hybridized carbons (Fsp3) is 0.333. The van der Waals surface area contributed by atoms with Gasteiger partial charge in [0.2, 0.25) is 5.78 Å². The number of furan rings is 1. The second kappa shape index (κ2) is 3.63. The van der Waals surface area contributed by atoms with E-state index in [1.165, 1.54) is 0 Å². The Morgan fingerprint density at radius 1 is 1.31 bits per heavy atom. The molecule has 2 rings (SSSR count). The average molecular weight is 218 g/mol. The Labute approximate surface area is 93.9 Å². The second-order valence-electron chi connectivity index (χ2n) is 3.88. The zero-order chi connectivity index (χ0) is 11.9. The number of rotatable bonds is 2. The van der Waals surface area contributed by atoms with Gasteiger partial charge >= 0.3 is 0 Å². The Kier molecular flexibility index (Phi) is 2.42. The van der Waals surface area contributed by atoms with Crippen LogP contribution in [0.15, 0.2) is 16.7 Å². The molecule has 0 bridgehead atoms. The minimum atomic E-state index is -0.0353. The first-order valence-electron chi connectivity index (χ1n) is 5.11. The predicted molar refractivity (Wildman–Crippen MR) is 59.6 cm³/mol. The zero-order valence-corrected chi connectivity index (χ0v) is 9.87. The van der Waals surface area contributed by atoms with Gasteiger partial charge in [0.15, 0.2) is 0 Å². The van der Waals surface area contributed by atoms with Crippen molar-refractivity contribution in [3.63, 3.8) is 0 Å². The van der Waals surface area contributed by atoms with Crippen molar-refractivity contribution in [1.82, 2.24) is 9.78 Å². The van der Waals surface area contributed by atoms with Gasteiger partial charge in [0, 0.05) is 18.8 Å². The van der Waals surface area contributed by atoms with Crippen LogP contribution in [-0.2, 0) is 7.05 Å². The van der Waals surface area contributed by atoms with Gasteiger partial charge in [0.05, 0.1) is 5.56 Å². The van der Waals surface area contributed by atoms with Crippen molar-refractivity contribution in [2.75, 3.05) is 0 Å². The Morgan fingerprint density at radius 2 is 2.00 bits per heavy atom. The molecule has 0 N–H and O–H groups in total. The maximum atomic E-state index is 12.3. The molecular weight excluding hydrogens is 204 g/mol. The SMILES string of the molecule is Cc1oc(C)c(C(=O)c2ccnn2C)c1C. The number of hydrogen-bond donors (Lipinski definition) is 0. The highest BCUT2D eigenvalue weighted by Gasteiger charge is 2.21. The first-order valence-corrected chi connectivity index (χ1v) is 5.11. The number of hydrogen-bond acceptors (Lipinski definition) is 3. The van der Waals surface area contributed by atoms with E-state index in [0.717, 1.165) is 11.3 Å². The van der Waals surface area contributed by atoms with Crippen molar-refractivity contribution >= 4 is 5.78 Å². The summed E-state index contributed by atoms with van der Waals surface area (Å²) in [6.45, 7) is 5.57. The molecular formula is C12H14N2O2. The van der Waals surface area contributed by atoms with Gasteiger partial charge in [-0.05, 0) is 26.8 Å². The number of aryl methyl sites for hydroxylation is 3. The van der Waals surface area contributed by atoms with Crippen molar-refractivity contribution < 1.29 is 9.21 Å². The molecule has 4 heteroatoms. The lowest BCUT2D eigenvalue weighted by atomic mass is 10.0. The van der Waals surface area contributed by atoms with E-state index in [1.54, 1.807) is 24.0 Å². The molecule has 0 aromatic carbocycles. The molecule has 2 aromatic heterocycles. The van der Waals surface area contributed by atoms with Crippen LogP contribution >= 0.6 is 0 Å². The Bertz CT molecular complexity index is 549. The molecule has 0 fully saturated rings. The average Bonchev–Trinajstić information content (AvgIpc) is 2.73. The molecule has 0 aliphatic rings. The number of nitrogens with zero attached hydrogens (tertiary/aromatic N) is 2. The van der Waals surface area contributed by atoms with Gasteiger partial charge in [-0.15, -0.1) is 0 Å². The number of ketones is 1. The molecule has 0 atom stereocenters. The van der Waals surface area contributed by atoms with Gasteiger partial charge < -0.3 is 4.42 Å². The van der Waals surface area contributed by atoms with E-state index < -0.39 is 0 Å². The van der Waals surface area contributed by atoms with Crippen molar-refractivity contribution in [3.05, 3.63) is 40.6 Å². The summed E-state index contributed by atoms with van der Waals surface area (Å²) in [7, 11) is 1.75. The Morgan fingerprint density at radius 3 is 2.44 bits per heavy atom. The summed E-state index contributed by atoms with van der Waals surface area (Å²) < 4.78 is 7.03. The van der Waals surface area contributed by atoms with Gasteiger partial charge in [0.1, 0.15) is 17.2 Å². The molecule has 0 saturated heterocycles. The Balaban J connectivity index is 2.54. The molecule has 4 nitrogen and oxygen atoms in total. The van der Waals surface area contributed by atoms with Gasteiger partial charge in [-0.2, -0.15) is 5.10 Å². The Hall–Kier alpha value is -1.84. The normalized spacial score (nSPS) is 10.8. The highest BCUT2D eigenvalue weighted by molar-refractivity contribution is 6.09. The first kappa shape index (κ1) is 10.7. The maximum absolute atomic E-state index is 12.3. The summed E-state index contributed by atoms with van der Waals surface area (Å²) in [6.07, 6.45) is 1.62. The summed E-state index contributed by atoms with van der Waals surface area (Å²) in [5.74, 6) is 1.43. The quantitative estimate of drug-likeness (QED) is 0.726. The van der Waals surface area contributed by atoms with Gasteiger partial charge in [-0.3, -0.25) is 9.48 Å². The molecule has 16 heavy (non-hydrogen) atoms. The molecule has 0 saturated carbocycles. The molecule has 0 radical (unpaired) electrons. The van der Waals surface area contributed by atoms with E-state index in [1.807, 2.05) is 20.8 Å². The molecule has 2 heterocycles. The van der Waals surface area contributed by atoms with Crippen LogP contribution in [0.1, 0.15) is 33.1 Å². The highest BCUT2D eigenvalue weighted by atomic mass is 16.3. The third kappa shape index (κ3) is 1.46. The summed E-state index contributed by atoms with van der Waals surface area (Å²) in [5, 5.41) is 3.99. The van der Waals surface area contributed by atoms with Gasteiger partial charge in [-0.25, -0.2) is 0 Å². The van der Waals surface area contributed by atoms with Crippen LogP contribution in [0.3, 0.4) is 0 Å². The smallest absolute Gasteiger partial charge is 0.214 e. The second-order valence-corrected chi connectivity index (χ2v) is 3.88. The lowest BCUT2D eigenvalue weighted by Gasteiger charge is -2.01. The van der Waals surface area contributed by atoms with E-state index >= 15 is 0 Å². The summed E-state index contributed by atoms with van der Waals surface area (Å²) in [4.78, 5) is 12.3. The van der Waals surface area contributed by atoms with E-state index in [4.69, 9.17) is 4.42 Å². The lowest BCUT2D eigenvalue weighted by Crippen LogP contribution is -2.09. The minimum absolute atomic E-state index is 0.0353. The fourth-order valence-electron chi connectivity index (χ4n) is 1.85. The van der Waals surface area contributed by atoms with Crippen LogP contribution < -0.4 is 0 Å². The molecule has 0 aliphatic heterocycles. The standard InChI is InChI=1S/C12H14N2O2/c1-7-8(2)16-9(3)11(7)12(15)10-5-6-13-14(10)4/h5-6H,1-4H3. The number of carbonyl (C=O) groups is 1. The topological polar surface area (TPSA) is 48.0 Å². The molecule has 0 spiro atoms. The predicted octanol–water partition coefficient (Wildman–Crippen LogP) is 2.17. The molecule has 2 aromatic rings. The van der Waals surface area contributed by atoms with Crippen molar-refractivity contribution in [2.45, 2.75) is 20.8 Å². The van der Waals surface area contributed by atoms with Gasteiger partial charge in [-0.1, -0.05) is 0 Å². The van der Waals surface area contributed by atoms with E-state index in [-0.39, 0.29) is 5.78 Å². The van der Waals surface area contributed by atoms with Crippen LogP contribution in [0.25, 0.3) is 0 Å². The van der Waals surface area contributed by atoms with Crippen LogP contribution in [-0.4, -0.2) is 15.6 Å². The third-order valence-corrected chi connectivity index (χ3v) is 2.84. The number of carbonyl (C=O) groups excluding carboxylic acids is 1. The van der Waals surface area contributed by atoms with Crippen LogP contribution in [0.5, 0.6) is 0 Å². The van der Waals surface area contributed by atoms with Crippen LogP contribution in [0, 0.1) is 20.8 Å². The molecule has 0 unspecified atom stereocenters. The molecule has 84 valence electrons. The lowest BCUT2D eigenvalue weighted by molar-refractivity contribution is 0.102. The van der Waals surface area contributed by atoms with Crippen molar-refractivity contribution in [3.8, 4) is 0 Å². The fourth-order valence-corrected chi connectivity index (χ4v) is 1.85. The monoisotopic (exact) mass is 218 g/mol. The molecule has 0 amide bonds.